The Kier molecular flexibility index (Phi) is 3.61. The second-order valence-corrected chi connectivity index (χ2v) is 4.19. The zero-order valence-electron chi connectivity index (χ0n) is 9.72. The maximum absolute atomic E-state index is 12.6. The number of halogens is 3. The molecular weight excluding hydrogens is 235 g/mol. The summed E-state index contributed by atoms with van der Waals surface area (Å²) in [5.74, 6) is -0.259. The van der Waals surface area contributed by atoms with Crippen molar-refractivity contribution in [1.82, 2.24) is 9.97 Å². The summed E-state index contributed by atoms with van der Waals surface area (Å²) < 4.78 is 37.9. The summed E-state index contributed by atoms with van der Waals surface area (Å²) in [5.41, 5.74) is 3.24. The first-order valence-electron chi connectivity index (χ1n) is 5.08. The molecule has 1 heterocycles. The summed E-state index contributed by atoms with van der Waals surface area (Å²) in [6.45, 7) is 4.55. The number of hydrogen-bond acceptors (Lipinski definition) is 3. The monoisotopic (exact) mass is 249 g/mol. The van der Waals surface area contributed by atoms with Gasteiger partial charge in [0.1, 0.15) is 5.82 Å². The molecule has 1 unspecified atom stereocenters. The van der Waals surface area contributed by atoms with E-state index in [1.807, 2.05) is 0 Å². The Morgan fingerprint density at radius 2 is 1.88 bits per heavy atom. The third kappa shape index (κ3) is 2.85. The maximum Gasteiger partial charge on any atom is 0.433 e. The Bertz CT molecular complexity index is 465. The van der Waals surface area contributed by atoms with E-state index in [2.05, 4.69) is 9.97 Å². The Morgan fingerprint density at radius 3 is 2.29 bits per heavy atom. The van der Waals surface area contributed by atoms with Crippen molar-refractivity contribution in [2.24, 2.45) is 11.7 Å². The average molecular weight is 249 g/mol. The van der Waals surface area contributed by atoms with E-state index in [0.29, 0.717) is 0 Å². The molecule has 3 N–H and O–H groups in total. The van der Waals surface area contributed by atoms with Gasteiger partial charge in [-0.1, -0.05) is 13.8 Å². The van der Waals surface area contributed by atoms with Crippen molar-refractivity contribution in [3.8, 4) is 0 Å². The van der Waals surface area contributed by atoms with Crippen LogP contribution in [-0.4, -0.2) is 9.97 Å². The Morgan fingerprint density at radius 1 is 1.35 bits per heavy atom. The van der Waals surface area contributed by atoms with E-state index < -0.39 is 29.0 Å². The highest BCUT2D eigenvalue weighted by Gasteiger charge is 2.36. The molecule has 0 aliphatic carbocycles. The highest BCUT2D eigenvalue weighted by molar-refractivity contribution is 5.19. The van der Waals surface area contributed by atoms with Crippen molar-refractivity contribution in [2.45, 2.75) is 33.0 Å². The lowest BCUT2D eigenvalue weighted by Gasteiger charge is -2.17. The Balaban J connectivity index is 3.39. The second kappa shape index (κ2) is 4.48. The molecule has 0 saturated heterocycles. The molecule has 96 valence electrons. The van der Waals surface area contributed by atoms with Crippen molar-refractivity contribution in [3.63, 3.8) is 0 Å². The average Bonchev–Trinajstić information content (AvgIpc) is 2.18. The number of alkyl halides is 3. The van der Waals surface area contributed by atoms with E-state index in [4.69, 9.17) is 5.73 Å². The molecule has 0 spiro atoms. The van der Waals surface area contributed by atoms with E-state index in [0.717, 1.165) is 6.92 Å². The molecule has 1 atom stereocenters. The third-order valence-electron chi connectivity index (χ3n) is 2.47. The van der Waals surface area contributed by atoms with Gasteiger partial charge >= 0.3 is 6.18 Å². The molecule has 0 aromatic carbocycles. The van der Waals surface area contributed by atoms with Crippen LogP contribution in [0.2, 0.25) is 0 Å². The van der Waals surface area contributed by atoms with Gasteiger partial charge in [-0.2, -0.15) is 13.2 Å². The van der Waals surface area contributed by atoms with Crippen molar-refractivity contribution >= 4 is 0 Å². The molecule has 0 aliphatic heterocycles. The minimum atomic E-state index is -4.65. The van der Waals surface area contributed by atoms with Crippen LogP contribution >= 0.6 is 0 Å². The molecule has 1 aromatic rings. The van der Waals surface area contributed by atoms with Gasteiger partial charge < -0.3 is 10.7 Å². The van der Waals surface area contributed by atoms with Gasteiger partial charge in [0.25, 0.3) is 5.56 Å². The van der Waals surface area contributed by atoms with Crippen molar-refractivity contribution in [1.29, 1.82) is 0 Å². The van der Waals surface area contributed by atoms with Crippen LogP contribution in [0.5, 0.6) is 0 Å². The number of H-pyrrole nitrogens is 1. The van der Waals surface area contributed by atoms with E-state index in [9.17, 15) is 18.0 Å². The number of hydrogen-bond donors (Lipinski definition) is 2. The van der Waals surface area contributed by atoms with Gasteiger partial charge in [0.15, 0.2) is 5.69 Å². The first-order valence-corrected chi connectivity index (χ1v) is 5.08. The van der Waals surface area contributed by atoms with Gasteiger partial charge in [-0.05, 0) is 12.8 Å². The van der Waals surface area contributed by atoms with Crippen LogP contribution in [0.3, 0.4) is 0 Å². The van der Waals surface area contributed by atoms with Gasteiger partial charge in [-0.15, -0.1) is 0 Å². The van der Waals surface area contributed by atoms with Gasteiger partial charge in [-0.25, -0.2) is 4.98 Å². The fourth-order valence-electron chi connectivity index (χ4n) is 1.30. The SMILES string of the molecule is Cc1c(C(F)(F)F)nc(C(N)C(C)C)[nH]c1=O. The standard InChI is InChI=1S/C10H14F3N3O/c1-4(2)6(14)8-15-7(10(11,12)13)5(3)9(17)16-8/h4,6H,14H2,1-3H3,(H,15,16,17). The van der Waals surface area contributed by atoms with Crippen molar-refractivity contribution in [3.05, 3.63) is 27.4 Å². The third-order valence-corrected chi connectivity index (χ3v) is 2.47. The maximum atomic E-state index is 12.6. The predicted molar refractivity (Wildman–Crippen MR) is 56.4 cm³/mol. The summed E-state index contributed by atoms with van der Waals surface area (Å²) >= 11 is 0. The molecule has 0 fully saturated rings. The van der Waals surface area contributed by atoms with Crippen LogP contribution in [0.15, 0.2) is 4.79 Å². The van der Waals surface area contributed by atoms with Crippen LogP contribution in [0.1, 0.15) is 37.0 Å². The second-order valence-electron chi connectivity index (χ2n) is 4.19. The molecule has 17 heavy (non-hydrogen) atoms. The molecule has 0 aliphatic rings. The highest BCUT2D eigenvalue weighted by Crippen LogP contribution is 2.29. The topological polar surface area (TPSA) is 71.8 Å². The summed E-state index contributed by atoms with van der Waals surface area (Å²) in [5, 5.41) is 0. The lowest BCUT2D eigenvalue weighted by Crippen LogP contribution is -2.28. The number of rotatable bonds is 2. The zero-order valence-corrected chi connectivity index (χ0v) is 9.72. The summed E-state index contributed by atoms with van der Waals surface area (Å²) in [6, 6.07) is -0.732. The smallest absolute Gasteiger partial charge is 0.321 e. The van der Waals surface area contributed by atoms with Crippen LogP contribution in [0.4, 0.5) is 13.2 Å². The molecule has 0 bridgehead atoms. The summed E-state index contributed by atoms with van der Waals surface area (Å²) in [4.78, 5) is 17.1. The molecule has 1 rings (SSSR count). The lowest BCUT2D eigenvalue weighted by molar-refractivity contribution is -0.142. The molecular formula is C10H14F3N3O. The largest absolute Gasteiger partial charge is 0.433 e. The molecule has 0 radical (unpaired) electrons. The van der Waals surface area contributed by atoms with Crippen LogP contribution in [-0.2, 0) is 6.18 Å². The van der Waals surface area contributed by atoms with E-state index in [1.165, 1.54) is 0 Å². The normalized spacial score (nSPS) is 14.1. The highest BCUT2D eigenvalue weighted by atomic mass is 19.4. The molecule has 0 saturated carbocycles. The number of aromatic nitrogens is 2. The lowest BCUT2D eigenvalue weighted by atomic mass is 10.0. The predicted octanol–water partition coefficient (Wildman–Crippen LogP) is 1.75. The summed E-state index contributed by atoms with van der Waals surface area (Å²) in [7, 11) is 0. The number of nitrogens with one attached hydrogen (secondary N) is 1. The number of nitrogens with two attached hydrogens (primary N) is 1. The van der Waals surface area contributed by atoms with Crippen molar-refractivity contribution in [2.75, 3.05) is 0 Å². The minimum Gasteiger partial charge on any atom is -0.321 e. The molecule has 7 heteroatoms. The van der Waals surface area contributed by atoms with E-state index >= 15 is 0 Å². The Hall–Kier alpha value is -1.37. The Labute approximate surface area is 96.1 Å². The fraction of sp³-hybridized carbons (Fsp3) is 0.600. The first kappa shape index (κ1) is 13.7. The van der Waals surface area contributed by atoms with Crippen LogP contribution < -0.4 is 11.3 Å². The number of aromatic amines is 1. The van der Waals surface area contributed by atoms with Gasteiger partial charge in [-0.3, -0.25) is 4.79 Å². The molecule has 0 amide bonds. The first-order chi connectivity index (χ1) is 7.64. The molecule has 1 aromatic heterocycles. The quantitative estimate of drug-likeness (QED) is 0.838. The van der Waals surface area contributed by atoms with Crippen molar-refractivity contribution < 1.29 is 13.2 Å². The van der Waals surface area contributed by atoms with Gasteiger partial charge in [0.05, 0.1) is 6.04 Å². The number of nitrogens with zero attached hydrogens (tertiary/aromatic N) is 1. The zero-order chi connectivity index (χ0) is 13.4. The summed E-state index contributed by atoms with van der Waals surface area (Å²) in [6.07, 6.45) is -4.65. The molecule has 4 nitrogen and oxygen atoms in total. The van der Waals surface area contributed by atoms with Gasteiger partial charge in [0.2, 0.25) is 0 Å². The van der Waals surface area contributed by atoms with Crippen LogP contribution in [0.25, 0.3) is 0 Å². The van der Waals surface area contributed by atoms with Crippen LogP contribution in [0, 0.1) is 12.8 Å². The van der Waals surface area contributed by atoms with E-state index in [-0.39, 0.29) is 11.7 Å². The fourth-order valence-corrected chi connectivity index (χ4v) is 1.30. The van der Waals surface area contributed by atoms with E-state index in [1.54, 1.807) is 13.8 Å². The minimum absolute atomic E-state index is 0.123. The van der Waals surface area contributed by atoms with Gasteiger partial charge in [0, 0.05) is 5.56 Å².